The number of hydrogen-bond donors (Lipinski definition) is 3. The number of hydrogen-bond acceptors (Lipinski definition) is 5. The molecule has 0 aromatic carbocycles. The van der Waals surface area contributed by atoms with Crippen molar-refractivity contribution in [2.75, 3.05) is 0 Å². The van der Waals surface area contributed by atoms with Crippen LogP contribution in [0.1, 0.15) is 77.3 Å². The molecule has 1 aromatic heterocycles. The summed E-state index contributed by atoms with van der Waals surface area (Å²) in [5.41, 5.74) is 0.383. The number of aliphatic carboxylic acids is 2. The lowest BCUT2D eigenvalue weighted by Crippen LogP contribution is -2.49. The molecule has 2 rings (SSSR count). The minimum Gasteiger partial charge on any atom is -0.481 e. The van der Waals surface area contributed by atoms with Gasteiger partial charge in [-0.25, -0.2) is 9.78 Å². The van der Waals surface area contributed by atoms with E-state index in [1.807, 2.05) is 13.8 Å². The van der Waals surface area contributed by atoms with E-state index in [2.05, 4.69) is 23.5 Å². The maximum absolute atomic E-state index is 13.1. The van der Waals surface area contributed by atoms with Crippen molar-refractivity contribution in [1.82, 2.24) is 10.3 Å². The fraction of sp³-hybridized carbons (Fsp3) is 0.583. The monoisotopic (exact) mass is 448 g/mol. The number of carbonyl (C=O) groups is 3. The summed E-state index contributed by atoms with van der Waals surface area (Å²) < 4.78 is 5.30. The number of amides is 1. The van der Waals surface area contributed by atoms with Gasteiger partial charge in [0, 0.05) is 0 Å². The Morgan fingerprint density at radius 2 is 1.88 bits per heavy atom. The zero-order valence-electron chi connectivity index (χ0n) is 19.4. The summed E-state index contributed by atoms with van der Waals surface area (Å²) in [6.07, 6.45) is 7.27. The second kappa shape index (κ2) is 12.8. The van der Waals surface area contributed by atoms with Gasteiger partial charge in [-0.2, -0.15) is 0 Å². The molecule has 3 N–H and O–H groups in total. The number of allylic oxidation sites excluding steroid dienone is 2. The molecule has 0 saturated heterocycles. The molecule has 1 unspecified atom stereocenters. The van der Waals surface area contributed by atoms with Gasteiger partial charge in [-0.15, -0.1) is 6.58 Å². The molecule has 1 heterocycles. The Morgan fingerprint density at radius 3 is 2.31 bits per heavy atom. The molecule has 0 aliphatic heterocycles. The molecule has 1 aromatic rings. The number of nitrogens with one attached hydrogen (secondary N) is 1. The lowest BCUT2D eigenvalue weighted by atomic mass is 9.75. The minimum atomic E-state index is -1.20. The molecule has 1 amide bonds. The molecule has 1 fully saturated rings. The molecule has 8 nitrogen and oxygen atoms in total. The second-order valence-electron chi connectivity index (χ2n) is 8.40. The van der Waals surface area contributed by atoms with E-state index in [0.717, 1.165) is 12.8 Å². The number of carboxylic acids is 2. The predicted molar refractivity (Wildman–Crippen MR) is 122 cm³/mol. The van der Waals surface area contributed by atoms with Crippen molar-refractivity contribution in [3.05, 3.63) is 37.1 Å². The molecular formula is C24H36N2O6. The van der Waals surface area contributed by atoms with Crippen LogP contribution in [0.5, 0.6) is 0 Å². The van der Waals surface area contributed by atoms with Crippen LogP contribution in [0.25, 0.3) is 5.57 Å². The summed E-state index contributed by atoms with van der Waals surface area (Å²) in [4.78, 5) is 40.7. The third-order valence-electron chi connectivity index (χ3n) is 5.64. The highest BCUT2D eigenvalue weighted by Crippen LogP contribution is 2.44. The predicted octanol–water partition coefficient (Wildman–Crippen LogP) is 4.46. The normalized spacial score (nSPS) is 16.2. The van der Waals surface area contributed by atoms with Crippen molar-refractivity contribution in [3.63, 3.8) is 0 Å². The Labute approximate surface area is 189 Å². The van der Waals surface area contributed by atoms with Gasteiger partial charge < -0.3 is 19.9 Å². The molecule has 0 radical (unpaired) electrons. The quantitative estimate of drug-likeness (QED) is 0.426. The first kappa shape index (κ1) is 27.1. The van der Waals surface area contributed by atoms with Gasteiger partial charge in [0.1, 0.15) is 18.0 Å². The highest BCUT2D eigenvalue weighted by Gasteiger charge is 2.45. The third kappa shape index (κ3) is 7.66. The molecule has 2 atom stereocenters. The van der Waals surface area contributed by atoms with Crippen LogP contribution in [0.15, 0.2) is 29.9 Å². The fourth-order valence-electron chi connectivity index (χ4n) is 4.00. The zero-order valence-corrected chi connectivity index (χ0v) is 19.4. The molecule has 1 aliphatic rings. The van der Waals surface area contributed by atoms with Gasteiger partial charge in [0.25, 0.3) is 0 Å². The van der Waals surface area contributed by atoms with E-state index in [0.29, 0.717) is 37.0 Å². The van der Waals surface area contributed by atoms with E-state index in [4.69, 9.17) is 4.42 Å². The molecule has 0 spiro atoms. The van der Waals surface area contributed by atoms with Crippen molar-refractivity contribution >= 4 is 23.4 Å². The maximum Gasteiger partial charge on any atom is 0.326 e. The van der Waals surface area contributed by atoms with Gasteiger partial charge in [0.05, 0.1) is 17.8 Å². The van der Waals surface area contributed by atoms with Crippen molar-refractivity contribution < 1.29 is 29.0 Å². The molecule has 1 aliphatic carbocycles. The van der Waals surface area contributed by atoms with Crippen LogP contribution in [-0.2, 0) is 20.8 Å². The number of nitrogens with zero attached hydrogens (tertiary/aromatic N) is 1. The van der Waals surface area contributed by atoms with E-state index in [-0.39, 0.29) is 18.7 Å². The number of carboxylic acid groups (broad SMARTS) is 2. The van der Waals surface area contributed by atoms with Crippen molar-refractivity contribution in [1.29, 1.82) is 0 Å². The number of oxazole rings is 1. The summed E-state index contributed by atoms with van der Waals surface area (Å²) in [6.45, 7) is 12.7. The van der Waals surface area contributed by atoms with Gasteiger partial charge in [-0.1, -0.05) is 38.8 Å². The van der Waals surface area contributed by atoms with Crippen LogP contribution < -0.4 is 5.32 Å². The molecule has 32 heavy (non-hydrogen) atoms. The van der Waals surface area contributed by atoms with Crippen molar-refractivity contribution in [2.45, 2.75) is 78.2 Å². The Kier molecular flexibility index (Phi) is 10.9. The zero-order chi connectivity index (χ0) is 24.3. The highest BCUT2D eigenvalue weighted by atomic mass is 16.4. The van der Waals surface area contributed by atoms with Crippen LogP contribution in [0.4, 0.5) is 0 Å². The SMILES string of the molecule is C=C(C)c1coc(CC(NC(=O)C2(C[C@@H](CCC)C(=O)O)CCCC2)C(=O)O)n1.C=CC. The Hall–Kier alpha value is -2.90. The lowest BCUT2D eigenvalue weighted by Gasteiger charge is -2.31. The van der Waals surface area contributed by atoms with Crippen molar-refractivity contribution in [2.24, 2.45) is 11.3 Å². The van der Waals surface area contributed by atoms with Gasteiger partial charge in [-0.3, -0.25) is 9.59 Å². The molecular weight excluding hydrogens is 412 g/mol. The largest absolute Gasteiger partial charge is 0.481 e. The third-order valence-corrected chi connectivity index (χ3v) is 5.64. The molecule has 8 heteroatoms. The van der Waals surface area contributed by atoms with E-state index in [1.54, 1.807) is 13.0 Å². The Balaban J connectivity index is 0.00000161. The molecule has 0 bridgehead atoms. The Morgan fingerprint density at radius 1 is 1.28 bits per heavy atom. The Bertz CT molecular complexity index is 807. The average Bonchev–Trinajstić information content (AvgIpc) is 3.38. The first-order valence-electron chi connectivity index (χ1n) is 11.0. The van der Waals surface area contributed by atoms with Gasteiger partial charge in [0.2, 0.25) is 5.91 Å². The number of rotatable bonds is 11. The summed E-state index contributed by atoms with van der Waals surface area (Å²) >= 11 is 0. The summed E-state index contributed by atoms with van der Waals surface area (Å²) in [5, 5.41) is 21.7. The fourth-order valence-corrected chi connectivity index (χ4v) is 4.00. The van der Waals surface area contributed by atoms with Crippen LogP contribution in [0.2, 0.25) is 0 Å². The van der Waals surface area contributed by atoms with Gasteiger partial charge >= 0.3 is 11.9 Å². The summed E-state index contributed by atoms with van der Waals surface area (Å²) in [7, 11) is 0. The van der Waals surface area contributed by atoms with Crippen molar-refractivity contribution in [3.8, 4) is 0 Å². The number of carbonyl (C=O) groups excluding carboxylic acids is 1. The maximum atomic E-state index is 13.1. The van der Waals surface area contributed by atoms with Crippen LogP contribution in [-0.4, -0.2) is 39.1 Å². The van der Waals surface area contributed by atoms with E-state index >= 15 is 0 Å². The minimum absolute atomic E-state index is 0.0955. The summed E-state index contributed by atoms with van der Waals surface area (Å²) in [6, 6.07) is -1.20. The van der Waals surface area contributed by atoms with Gasteiger partial charge in [0.15, 0.2) is 5.89 Å². The highest BCUT2D eigenvalue weighted by molar-refractivity contribution is 5.88. The van der Waals surface area contributed by atoms with Crippen LogP contribution in [0.3, 0.4) is 0 Å². The smallest absolute Gasteiger partial charge is 0.326 e. The van der Waals surface area contributed by atoms with Crippen LogP contribution >= 0.6 is 0 Å². The first-order chi connectivity index (χ1) is 15.1. The molecule has 178 valence electrons. The standard InChI is InChI=1S/C21H30N2O6.C3H6/c1-4-7-14(18(24)25)11-21(8-5-6-9-21)20(28)23-15(19(26)27)10-17-22-16(12-29-17)13(2)3;1-3-2/h12,14-15H,2,4-11H2,1,3H3,(H,23,28)(H,24,25)(H,26,27);3H,1H2,2H3/t14-,15?;/m1./s1. The average molecular weight is 449 g/mol. The second-order valence-corrected chi connectivity index (χ2v) is 8.40. The lowest BCUT2D eigenvalue weighted by molar-refractivity contribution is -0.147. The van der Waals surface area contributed by atoms with E-state index < -0.39 is 35.2 Å². The van der Waals surface area contributed by atoms with E-state index in [1.165, 1.54) is 6.26 Å². The van der Waals surface area contributed by atoms with E-state index in [9.17, 15) is 24.6 Å². The van der Waals surface area contributed by atoms with Crippen LogP contribution in [0, 0.1) is 11.3 Å². The van der Waals surface area contributed by atoms with Gasteiger partial charge in [-0.05, 0) is 45.1 Å². The first-order valence-corrected chi connectivity index (χ1v) is 11.0. The summed E-state index contributed by atoms with van der Waals surface area (Å²) in [5.74, 6) is -2.91. The molecule has 1 saturated carbocycles. The topological polar surface area (TPSA) is 130 Å². The number of aromatic nitrogens is 1.